The van der Waals surface area contributed by atoms with Gasteiger partial charge in [-0.2, -0.15) is 0 Å². The number of piperidine rings is 1. The van der Waals surface area contributed by atoms with E-state index in [1.165, 1.54) is 0 Å². The SMILES string of the molecule is COCCNCC(=O)NC1CCN(C(=O)Nc2ccccc2)CC1.Cl. The van der Waals surface area contributed by atoms with Crippen molar-refractivity contribution in [1.29, 1.82) is 0 Å². The number of amides is 3. The molecule has 1 fully saturated rings. The quantitative estimate of drug-likeness (QED) is 0.634. The van der Waals surface area contributed by atoms with Crippen molar-refractivity contribution in [3.8, 4) is 0 Å². The van der Waals surface area contributed by atoms with Crippen molar-refractivity contribution in [2.75, 3.05) is 45.2 Å². The molecule has 0 aromatic heterocycles. The second kappa shape index (κ2) is 11.7. The summed E-state index contributed by atoms with van der Waals surface area (Å²) in [6, 6.07) is 9.45. The lowest BCUT2D eigenvalue weighted by Gasteiger charge is -2.32. The number of anilines is 1. The molecule has 0 bridgehead atoms. The van der Waals surface area contributed by atoms with E-state index in [1.54, 1.807) is 12.0 Å². The van der Waals surface area contributed by atoms with Crippen molar-refractivity contribution in [3.05, 3.63) is 30.3 Å². The number of rotatable bonds is 7. The van der Waals surface area contributed by atoms with Gasteiger partial charge in [-0.05, 0) is 25.0 Å². The van der Waals surface area contributed by atoms with Crippen LogP contribution in [0.25, 0.3) is 0 Å². The van der Waals surface area contributed by atoms with E-state index in [9.17, 15) is 9.59 Å². The molecule has 0 saturated carbocycles. The summed E-state index contributed by atoms with van der Waals surface area (Å²) >= 11 is 0. The molecule has 8 heteroatoms. The largest absolute Gasteiger partial charge is 0.383 e. The number of halogens is 1. The molecule has 1 saturated heterocycles. The molecule has 0 unspecified atom stereocenters. The summed E-state index contributed by atoms with van der Waals surface area (Å²) in [5.41, 5.74) is 0.792. The number of para-hydroxylation sites is 1. The van der Waals surface area contributed by atoms with Crippen molar-refractivity contribution in [2.45, 2.75) is 18.9 Å². The maximum absolute atomic E-state index is 12.2. The van der Waals surface area contributed by atoms with Crippen LogP contribution in [-0.2, 0) is 9.53 Å². The third-order valence-electron chi connectivity index (χ3n) is 3.94. The number of benzene rings is 1. The number of ether oxygens (including phenoxy) is 1. The Morgan fingerprint density at radius 2 is 1.88 bits per heavy atom. The highest BCUT2D eigenvalue weighted by Gasteiger charge is 2.23. The van der Waals surface area contributed by atoms with Gasteiger partial charge < -0.3 is 25.6 Å². The fraction of sp³-hybridized carbons (Fsp3) is 0.529. The Morgan fingerprint density at radius 3 is 2.52 bits per heavy atom. The third kappa shape index (κ3) is 7.72. The van der Waals surface area contributed by atoms with Crippen molar-refractivity contribution in [2.24, 2.45) is 0 Å². The minimum Gasteiger partial charge on any atom is -0.383 e. The number of carbonyl (C=O) groups excluding carboxylic acids is 2. The minimum absolute atomic E-state index is 0. The molecule has 3 N–H and O–H groups in total. The Hall–Kier alpha value is -1.83. The molecule has 25 heavy (non-hydrogen) atoms. The Balaban J connectivity index is 0.00000312. The molecular formula is C17H27ClN4O3. The maximum atomic E-state index is 12.2. The van der Waals surface area contributed by atoms with E-state index >= 15 is 0 Å². The fourth-order valence-corrected chi connectivity index (χ4v) is 2.61. The Bertz CT molecular complexity index is 522. The van der Waals surface area contributed by atoms with Gasteiger partial charge >= 0.3 is 6.03 Å². The number of nitrogens with zero attached hydrogens (tertiary/aromatic N) is 1. The van der Waals surface area contributed by atoms with Crippen LogP contribution in [0.5, 0.6) is 0 Å². The first-order valence-electron chi connectivity index (χ1n) is 8.29. The lowest BCUT2D eigenvalue weighted by Crippen LogP contribution is -2.49. The first kappa shape index (κ1) is 21.2. The minimum atomic E-state index is -0.0905. The first-order chi connectivity index (χ1) is 11.7. The zero-order chi connectivity index (χ0) is 17.2. The fourth-order valence-electron chi connectivity index (χ4n) is 2.61. The second-order valence-electron chi connectivity index (χ2n) is 5.79. The number of nitrogens with one attached hydrogen (secondary N) is 3. The summed E-state index contributed by atoms with van der Waals surface area (Å²) in [4.78, 5) is 25.8. The van der Waals surface area contributed by atoms with Gasteiger partial charge in [0.15, 0.2) is 0 Å². The van der Waals surface area contributed by atoms with Gasteiger partial charge in [-0.3, -0.25) is 4.79 Å². The number of hydrogen-bond donors (Lipinski definition) is 3. The summed E-state index contributed by atoms with van der Waals surface area (Å²) < 4.78 is 4.91. The molecule has 7 nitrogen and oxygen atoms in total. The van der Waals surface area contributed by atoms with E-state index in [0.29, 0.717) is 26.2 Å². The van der Waals surface area contributed by atoms with Crippen molar-refractivity contribution in [3.63, 3.8) is 0 Å². The molecule has 1 heterocycles. The lowest BCUT2D eigenvalue weighted by atomic mass is 10.1. The normalized spacial score (nSPS) is 14.5. The molecule has 2 rings (SSSR count). The third-order valence-corrected chi connectivity index (χ3v) is 3.94. The topological polar surface area (TPSA) is 82.7 Å². The molecular weight excluding hydrogens is 344 g/mol. The van der Waals surface area contributed by atoms with Crippen LogP contribution in [0.3, 0.4) is 0 Å². The van der Waals surface area contributed by atoms with Crippen molar-refractivity contribution >= 4 is 30.0 Å². The van der Waals surface area contributed by atoms with Crippen LogP contribution >= 0.6 is 12.4 Å². The van der Waals surface area contributed by atoms with E-state index in [1.807, 2.05) is 30.3 Å². The van der Waals surface area contributed by atoms with E-state index in [4.69, 9.17) is 4.74 Å². The molecule has 1 aliphatic heterocycles. The van der Waals surface area contributed by atoms with Crippen molar-refractivity contribution in [1.82, 2.24) is 15.5 Å². The van der Waals surface area contributed by atoms with Gasteiger partial charge in [-0.15, -0.1) is 12.4 Å². The predicted octanol–water partition coefficient (Wildman–Crippen LogP) is 1.46. The number of carbonyl (C=O) groups is 2. The predicted molar refractivity (Wildman–Crippen MR) is 100 cm³/mol. The molecule has 0 radical (unpaired) electrons. The summed E-state index contributed by atoms with van der Waals surface area (Å²) in [6.07, 6.45) is 1.54. The highest BCUT2D eigenvalue weighted by atomic mass is 35.5. The molecule has 0 atom stereocenters. The number of hydrogen-bond acceptors (Lipinski definition) is 4. The summed E-state index contributed by atoms with van der Waals surface area (Å²) in [5.74, 6) is -0.0155. The smallest absolute Gasteiger partial charge is 0.321 e. The van der Waals surface area contributed by atoms with Gasteiger partial charge in [0.05, 0.1) is 13.2 Å². The van der Waals surface area contributed by atoms with Crippen LogP contribution in [0.4, 0.5) is 10.5 Å². The number of likely N-dealkylation sites (tertiary alicyclic amines) is 1. The van der Waals surface area contributed by atoms with Crippen LogP contribution in [0.2, 0.25) is 0 Å². The Morgan fingerprint density at radius 1 is 1.20 bits per heavy atom. The standard InChI is InChI=1S/C17H26N4O3.ClH/c1-24-12-9-18-13-16(22)19-15-7-10-21(11-8-15)17(23)20-14-5-3-2-4-6-14;/h2-6,15,18H,7-13H2,1H3,(H,19,22)(H,20,23);1H. The molecule has 3 amide bonds. The van der Waals surface area contributed by atoms with Crippen LogP contribution in [-0.4, -0.2) is 62.8 Å². The van der Waals surface area contributed by atoms with Gasteiger partial charge in [0.2, 0.25) is 5.91 Å². The summed E-state index contributed by atoms with van der Waals surface area (Å²) in [5, 5.41) is 8.91. The lowest BCUT2D eigenvalue weighted by molar-refractivity contribution is -0.121. The molecule has 0 aliphatic carbocycles. The van der Waals surface area contributed by atoms with Gasteiger partial charge in [-0.25, -0.2) is 4.79 Å². The average molecular weight is 371 g/mol. The second-order valence-corrected chi connectivity index (χ2v) is 5.79. The van der Waals surface area contributed by atoms with E-state index in [2.05, 4.69) is 16.0 Å². The van der Waals surface area contributed by atoms with Gasteiger partial charge in [0, 0.05) is 38.5 Å². The molecule has 1 aromatic rings. The van der Waals surface area contributed by atoms with E-state index in [0.717, 1.165) is 18.5 Å². The van der Waals surface area contributed by atoms with Gasteiger partial charge in [-0.1, -0.05) is 18.2 Å². The first-order valence-corrected chi connectivity index (χ1v) is 8.29. The van der Waals surface area contributed by atoms with Crippen LogP contribution in [0, 0.1) is 0 Å². The van der Waals surface area contributed by atoms with E-state index < -0.39 is 0 Å². The Labute approximate surface area is 154 Å². The molecule has 1 aliphatic rings. The van der Waals surface area contributed by atoms with Crippen LogP contribution in [0.1, 0.15) is 12.8 Å². The van der Waals surface area contributed by atoms with Crippen molar-refractivity contribution < 1.29 is 14.3 Å². The van der Waals surface area contributed by atoms with Gasteiger partial charge in [0.25, 0.3) is 0 Å². The molecule has 140 valence electrons. The zero-order valence-electron chi connectivity index (χ0n) is 14.5. The summed E-state index contributed by atoms with van der Waals surface area (Å²) in [7, 11) is 1.63. The number of urea groups is 1. The summed E-state index contributed by atoms with van der Waals surface area (Å²) in [6.45, 7) is 2.81. The van der Waals surface area contributed by atoms with Crippen LogP contribution < -0.4 is 16.0 Å². The highest BCUT2D eigenvalue weighted by Crippen LogP contribution is 2.13. The van der Waals surface area contributed by atoms with E-state index in [-0.39, 0.29) is 36.9 Å². The molecule has 0 spiro atoms. The maximum Gasteiger partial charge on any atom is 0.321 e. The average Bonchev–Trinajstić information content (AvgIpc) is 2.60. The monoisotopic (exact) mass is 370 g/mol. The Kier molecular flexibility index (Phi) is 9.91. The van der Waals surface area contributed by atoms with Crippen LogP contribution in [0.15, 0.2) is 30.3 Å². The van der Waals surface area contributed by atoms with Gasteiger partial charge in [0.1, 0.15) is 0 Å². The highest BCUT2D eigenvalue weighted by molar-refractivity contribution is 5.89. The molecule has 1 aromatic carbocycles. The number of methoxy groups -OCH3 is 1. The zero-order valence-corrected chi connectivity index (χ0v) is 15.3.